The van der Waals surface area contributed by atoms with Crippen molar-refractivity contribution in [3.63, 3.8) is 0 Å². The van der Waals surface area contributed by atoms with E-state index in [2.05, 4.69) is 20.8 Å². The lowest BCUT2D eigenvalue weighted by molar-refractivity contribution is 0.0520. The van der Waals surface area contributed by atoms with Gasteiger partial charge in [-0.15, -0.1) is 0 Å². The fourth-order valence-electron chi connectivity index (χ4n) is 1.20. The van der Waals surface area contributed by atoms with Crippen LogP contribution in [0.1, 0.15) is 20.8 Å². The first-order valence-corrected chi connectivity index (χ1v) is 4.44. The van der Waals surface area contributed by atoms with Crippen molar-refractivity contribution in [3.8, 4) is 0 Å². The number of hydrogen-bond donors (Lipinski definition) is 0. The highest BCUT2D eigenvalue weighted by atomic mass is 16.6. The molecule has 2 aliphatic rings. The highest BCUT2D eigenvalue weighted by Gasteiger charge is 2.50. The van der Waals surface area contributed by atoms with E-state index in [-0.39, 0.29) is 11.2 Å². The molecule has 12 heavy (non-hydrogen) atoms. The van der Waals surface area contributed by atoms with Crippen LogP contribution >= 0.6 is 0 Å². The van der Waals surface area contributed by atoms with Gasteiger partial charge in [0.1, 0.15) is 11.2 Å². The van der Waals surface area contributed by atoms with Gasteiger partial charge in [0.05, 0.1) is 25.9 Å². The van der Waals surface area contributed by atoms with Gasteiger partial charge >= 0.3 is 0 Å². The summed E-state index contributed by atoms with van der Waals surface area (Å²) < 4.78 is 16.1. The number of epoxide rings is 2. The van der Waals surface area contributed by atoms with Crippen LogP contribution in [0.15, 0.2) is 0 Å². The fraction of sp³-hybridized carbons (Fsp3) is 1.00. The Kier molecular flexibility index (Phi) is 1.72. The van der Waals surface area contributed by atoms with Crippen molar-refractivity contribution in [1.29, 1.82) is 0 Å². The molecule has 0 N–H and O–H groups in total. The van der Waals surface area contributed by atoms with Crippen LogP contribution in [-0.4, -0.2) is 37.1 Å². The first-order valence-electron chi connectivity index (χ1n) is 4.44. The molecule has 0 radical (unpaired) electrons. The molecule has 0 aromatic carbocycles. The van der Waals surface area contributed by atoms with Crippen molar-refractivity contribution in [2.45, 2.75) is 38.1 Å². The standard InChI is InChI=1S/C9H16O3/c1-7-9(3,12-7)6-10-4-8(2)5-11-8/h7H,4-6H2,1-3H3/t7-,8+,9-/m0/s1. The van der Waals surface area contributed by atoms with E-state index in [1.807, 2.05) is 0 Å². The summed E-state index contributed by atoms with van der Waals surface area (Å²) in [5, 5.41) is 0. The zero-order chi connectivity index (χ0) is 8.82. The van der Waals surface area contributed by atoms with E-state index in [1.165, 1.54) is 0 Å². The summed E-state index contributed by atoms with van der Waals surface area (Å²) in [5.41, 5.74) is -0.0141. The highest BCUT2D eigenvalue weighted by Crippen LogP contribution is 2.36. The third-order valence-electron chi connectivity index (χ3n) is 2.68. The van der Waals surface area contributed by atoms with Crippen molar-refractivity contribution in [2.24, 2.45) is 0 Å². The quantitative estimate of drug-likeness (QED) is 0.592. The summed E-state index contributed by atoms with van der Waals surface area (Å²) in [6, 6.07) is 0. The lowest BCUT2D eigenvalue weighted by Crippen LogP contribution is -2.22. The second kappa shape index (κ2) is 2.44. The van der Waals surface area contributed by atoms with E-state index in [0.717, 1.165) is 6.61 Å². The summed E-state index contributed by atoms with van der Waals surface area (Å²) >= 11 is 0. The molecular weight excluding hydrogens is 156 g/mol. The smallest absolute Gasteiger partial charge is 0.115 e. The largest absolute Gasteiger partial charge is 0.375 e. The van der Waals surface area contributed by atoms with Gasteiger partial charge in [-0.3, -0.25) is 0 Å². The predicted octanol–water partition coefficient (Wildman–Crippen LogP) is 0.969. The zero-order valence-electron chi connectivity index (χ0n) is 7.92. The second-order valence-electron chi connectivity index (χ2n) is 4.30. The summed E-state index contributed by atoms with van der Waals surface area (Å²) in [5.74, 6) is 0. The lowest BCUT2D eigenvalue weighted by Gasteiger charge is -2.09. The van der Waals surface area contributed by atoms with Gasteiger partial charge < -0.3 is 14.2 Å². The minimum absolute atomic E-state index is 0.00842. The maximum absolute atomic E-state index is 5.51. The number of hydrogen-bond acceptors (Lipinski definition) is 3. The summed E-state index contributed by atoms with van der Waals surface area (Å²) in [6.45, 7) is 8.42. The second-order valence-corrected chi connectivity index (χ2v) is 4.30. The normalized spacial score (nSPS) is 50.8. The van der Waals surface area contributed by atoms with Crippen LogP contribution in [-0.2, 0) is 14.2 Å². The van der Waals surface area contributed by atoms with E-state index < -0.39 is 0 Å². The maximum Gasteiger partial charge on any atom is 0.115 e. The molecule has 2 heterocycles. The van der Waals surface area contributed by atoms with Crippen molar-refractivity contribution in [1.82, 2.24) is 0 Å². The minimum Gasteiger partial charge on any atom is -0.375 e. The van der Waals surface area contributed by atoms with Gasteiger partial charge in [0.15, 0.2) is 0 Å². The molecule has 3 nitrogen and oxygen atoms in total. The Morgan fingerprint density at radius 1 is 1.42 bits per heavy atom. The van der Waals surface area contributed by atoms with Crippen LogP contribution in [0.25, 0.3) is 0 Å². The molecule has 0 unspecified atom stereocenters. The van der Waals surface area contributed by atoms with Gasteiger partial charge in [0, 0.05) is 0 Å². The number of ether oxygens (including phenoxy) is 3. The molecule has 0 aliphatic carbocycles. The van der Waals surface area contributed by atoms with Crippen LogP contribution in [0, 0.1) is 0 Å². The van der Waals surface area contributed by atoms with Crippen molar-refractivity contribution in [3.05, 3.63) is 0 Å². The molecule has 0 aromatic heterocycles. The van der Waals surface area contributed by atoms with Crippen LogP contribution in [0.3, 0.4) is 0 Å². The molecule has 2 saturated heterocycles. The SMILES string of the molecule is C[C@@H]1O[C@@]1(C)COC[C@]1(C)CO1. The first kappa shape index (κ1) is 8.48. The topological polar surface area (TPSA) is 34.3 Å². The van der Waals surface area contributed by atoms with E-state index >= 15 is 0 Å². The molecule has 0 bridgehead atoms. The third kappa shape index (κ3) is 1.63. The van der Waals surface area contributed by atoms with Crippen molar-refractivity contribution < 1.29 is 14.2 Å². The Morgan fingerprint density at radius 3 is 2.42 bits per heavy atom. The van der Waals surface area contributed by atoms with E-state index in [1.54, 1.807) is 0 Å². The Bertz CT molecular complexity index is 188. The van der Waals surface area contributed by atoms with Gasteiger partial charge in [0.2, 0.25) is 0 Å². The molecule has 70 valence electrons. The molecule has 2 fully saturated rings. The average molecular weight is 172 g/mol. The average Bonchev–Trinajstić information content (AvgIpc) is 2.80. The van der Waals surface area contributed by atoms with Crippen LogP contribution in [0.5, 0.6) is 0 Å². The van der Waals surface area contributed by atoms with Gasteiger partial charge in [-0.1, -0.05) is 0 Å². The van der Waals surface area contributed by atoms with E-state index in [4.69, 9.17) is 14.2 Å². The van der Waals surface area contributed by atoms with Gasteiger partial charge in [-0.2, -0.15) is 0 Å². The van der Waals surface area contributed by atoms with Crippen LogP contribution in [0.4, 0.5) is 0 Å². The molecule has 3 atom stereocenters. The summed E-state index contributed by atoms with van der Waals surface area (Å²) in [4.78, 5) is 0. The molecule has 2 rings (SSSR count). The summed E-state index contributed by atoms with van der Waals surface area (Å²) in [7, 11) is 0. The minimum atomic E-state index is -0.0226. The molecule has 3 heteroatoms. The molecule has 0 saturated carbocycles. The first-order chi connectivity index (χ1) is 5.54. The van der Waals surface area contributed by atoms with Crippen molar-refractivity contribution >= 4 is 0 Å². The monoisotopic (exact) mass is 172 g/mol. The molecule has 0 amide bonds. The molecular formula is C9H16O3. The van der Waals surface area contributed by atoms with Crippen LogP contribution in [0.2, 0.25) is 0 Å². The van der Waals surface area contributed by atoms with E-state index in [0.29, 0.717) is 19.3 Å². The van der Waals surface area contributed by atoms with Gasteiger partial charge in [0.25, 0.3) is 0 Å². The fourth-order valence-corrected chi connectivity index (χ4v) is 1.20. The van der Waals surface area contributed by atoms with E-state index in [9.17, 15) is 0 Å². The van der Waals surface area contributed by atoms with Crippen molar-refractivity contribution in [2.75, 3.05) is 19.8 Å². The molecule has 2 aliphatic heterocycles. The summed E-state index contributed by atoms with van der Waals surface area (Å²) in [6.07, 6.45) is 0.352. The lowest BCUT2D eigenvalue weighted by atomic mass is 10.1. The zero-order valence-corrected chi connectivity index (χ0v) is 7.92. The molecule has 0 aromatic rings. The third-order valence-corrected chi connectivity index (χ3v) is 2.68. The Morgan fingerprint density at radius 2 is 2.00 bits per heavy atom. The Labute approximate surface area is 73.0 Å². The predicted molar refractivity (Wildman–Crippen MR) is 44.1 cm³/mol. The van der Waals surface area contributed by atoms with Gasteiger partial charge in [-0.05, 0) is 20.8 Å². The Balaban J connectivity index is 1.63. The van der Waals surface area contributed by atoms with Gasteiger partial charge in [-0.25, -0.2) is 0 Å². The highest BCUT2D eigenvalue weighted by molar-refractivity contribution is 4.96. The number of rotatable bonds is 4. The Hall–Kier alpha value is -0.120. The maximum atomic E-state index is 5.51. The van der Waals surface area contributed by atoms with Crippen LogP contribution < -0.4 is 0 Å². The molecule has 0 spiro atoms.